The minimum absolute atomic E-state index is 0.191. The maximum absolute atomic E-state index is 5.65. The molecule has 1 atom stereocenters. The zero-order valence-electron chi connectivity index (χ0n) is 9.31. The smallest absolute Gasteiger partial charge is 0.317 e. The third-order valence-corrected chi connectivity index (χ3v) is 2.90. The summed E-state index contributed by atoms with van der Waals surface area (Å²) in [5.41, 5.74) is 5.65. The Morgan fingerprint density at radius 2 is 2.27 bits per heavy atom. The summed E-state index contributed by atoms with van der Waals surface area (Å²) in [5, 5.41) is 7.88. The lowest BCUT2D eigenvalue weighted by Crippen LogP contribution is -2.29. The normalized spacial score (nSPS) is 18.6. The van der Waals surface area contributed by atoms with Gasteiger partial charge in [-0.3, -0.25) is 0 Å². The quantitative estimate of drug-likeness (QED) is 0.811. The second-order valence-corrected chi connectivity index (χ2v) is 4.39. The summed E-state index contributed by atoms with van der Waals surface area (Å²) in [7, 11) is 1.98. The molecular formula is C10H18N4O. The van der Waals surface area contributed by atoms with Crippen molar-refractivity contribution in [2.45, 2.75) is 32.2 Å². The van der Waals surface area contributed by atoms with Gasteiger partial charge in [0.15, 0.2) is 0 Å². The summed E-state index contributed by atoms with van der Waals surface area (Å²) in [6, 6.07) is 0.387. The van der Waals surface area contributed by atoms with Gasteiger partial charge in [-0.15, -0.1) is 5.10 Å². The van der Waals surface area contributed by atoms with E-state index in [2.05, 4.69) is 10.2 Å². The first kappa shape index (κ1) is 10.4. The molecule has 5 heteroatoms. The molecule has 0 radical (unpaired) electrons. The van der Waals surface area contributed by atoms with Gasteiger partial charge in [0.25, 0.3) is 0 Å². The maximum atomic E-state index is 5.65. The van der Waals surface area contributed by atoms with Crippen LogP contribution in [0.2, 0.25) is 0 Å². The summed E-state index contributed by atoms with van der Waals surface area (Å²) in [4.78, 5) is 2.02. The number of nitrogens with zero attached hydrogens (tertiary/aromatic N) is 3. The molecule has 84 valence electrons. The Balaban J connectivity index is 1.95. The van der Waals surface area contributed by atoms with Crippen LogP contribution in [0, 0.1) is 5.92 Å². The van der Waals surface area contributed by atoms with Crippen LogP contribution < -0.4 is 10.6 Å². The third kappa shape index (κ3) is 2.28. The molecule has 5 nitrogen and oxygen atoms in total. The Morgan fingerprint density at radius 1 is 1.53 bits per heavy atom. The van der Waals surface area contributed by atoms with Crippen LogP contribution in [0.3, 0.4) is 0 Å². The SMILES string of the molecule is CC(N)c1nnc(N(C)CC2CCC2)o1. The van der Waals surface area contributed by atoms with Gasteiger partial charge in [-0.05, 0) is 25.7 Å². The van der Waals surface area contributed by atoms with Crippen LogP contribution in [0.15, 0.2) is 4.42 Å². The lowest BCUT2D eigenvalue weighted by Gasteiger charge is -2.29. The second kappa shape index (κ2) is 4.18. The molecule has 2 rings (SSSR count). The van der Waals surface area contributed by atoms with E-state index in [1.54, 1.807) is 0 Å². The van der Waals surface area contributed by atoms with E-state index in [0.717, 1.165) is 12.5 Å². The Kier molecular flexibility index (Phi) is 2.90. The monoisotopic (exact) mass is 210 g/mol. The molecule has 1 fully saturated rings. The molecule has 0 saturated heterocycles. The molecule has 1 unspecified atom stereocenters. The van der Waals surface area contributed by atoms with Crippen molar-refractivity contribution >= 4 is 6.01 Å². The first-order chi connectivity index (χ1) is 7.16. The first-order valence-electron chi connectivity index (χ1n) is 5.47. The Hall–Kier alpha value is -1.10. The fourth-order valence-electron chi connectivity index (χ4n) is 1.71. The van der Waals surface area contributed by atoms with Crippen molar-refractivity contribution in [2.24, 2.45) is 11.7 Å². The maximum Gasteiger partial charge on any atom is 0.317 e. The van der Waals surface area contributed by atoms with E-state index in [9.17, 15) is 0 Å². The molecular weight excluding hydrogens is 192 g/mol. The Morgan fingerprint density at radius 3 is 2.73 bits per heavy atom. The topological polar surface area (TPSA) is 68.2 Å². The summed E-state index contributed by atoms with van der Waals surface area (Å²) < 4.78 is 5.46. The van der Waals surface area contributed by atoms with Crippen LogP contribution in [0.5, 0.6) is 0 Å². The molecule has 1 aromatic rings. The lowest BCUT2D eigenvalue weighted by atomic mass is 9.85. The summed E-state index contributed by atoms with van der Waals surface area (Å²) in [6.45, 7) is 2.84. The highest BCUT2D eigenvalue weighted by Gasteiger charge is 2.21. The van der Waals surface area contributed by atoms with Crippen LogP contribution in [0.1, 0.15) is 38.1 Å². The first-order valence-corrected chi connectivity index (χ1v) is 5.47. The minimum atomic E-state index is -0.191. The highest BCUT2D eigenvalue weighted by molar-refractivity contribution is 5.22. The zero-order chi connectivity index (χ0) is 10.8. The number of hydrogen-bond acceptors (Lipinski definition) is 5. The third-order valence-electron chi connectivity index (χ3n) is 2.90. The number of nitrogens with two attached hydrogens (primary N) is 1. The molecule has 1 heterocycles. The van der Waals surface area contributed by atoms with Crippen LogP contribution in [0.25, 0.3) is 0 Å². The van der Waals surface area contributed by atoms with E-state index in [0.29, 0.717) is 11.9 Å². The highest BCUT2D eigenvalue weighted by Crippen LogP contribution is 2.28. The van der Waals surface area contributed by atoms with Crippen LogP contribution >= 0.6 is 0 Å². The molecule has 1 aliphatic carbocycles. The number of rotatable bonds is 4. The Bertz CT molecular complexity index is 319. The average molecular weight is 210 g/mol. The van der Waals surface area contributed by atoms with Crippen LogP contribution in [-0.2, 0) is 0 Å². The van der Waals surface area contributed by atoms with Gasteiger partial charge >= 0.3 is 6.01 Å². The van der Waals surface area contributed by atoms with Gasteiger partial charge in [-0.1, -0.05) is 11.5 Å². The number of hydrogen-bond donors (Lipinski definition) is 1. The largest absolute Gasteiger partial charge is 0.406 e. The molecule has 0 aromatic carbocycles. The molecule has 15 heavy (non-hydrogen) atoms. The molecule has 0 spiro atoms. The molecule has 1 saturated carbocycles. The predicted octanol–water partition coefficient (Wildman–Crippen LogP) is 1.33. The Labute approximate surface area is 89.6 Å². The molecule has 1 aromatic heterocycles. The van der Waals surface area contributed by atoms with E-state index in [1.165, 1.54) is 19.3 Å². The fraction of sp³-hybridized carbons (Fsp3) is 0.800. The average Bonchev–Trinajstić information content (AvgIpc) is 2.59. The van der Waals surface area contributed by atoms with Crippen molar-refractivity contribution in [3.05, 3.63) is 5.89 Å². The van der Waals surface area contributed by atoms with Gasteiger partial charge in [-0.2, -0.15) is 0 Å². The van der Waals surface area contributed by atoms with E-state index in [4.69, 9.17) is 10.2 Å². The summed E-state index contributed by atoms with van der Waals surface area (Å²) in [5.74, 6) is 1.30. The summed E-state index contributed by atoms with van der Waals surface area (Å²) in [6.07, 6.45) is 3.99. The van der Waals surface area contributed by atoms with Crippen molar-refractivity contribution in [1.29, 1.82) is 0 Å². The standard InChI is InChI=1S/C10H18N4O/c1-7(11)9-12-13-10(15-9)14(2)6-8-4-3-5-8/h7-8H,3-6,11H2,1-2H3. The van der Waals surface area contributed by atoms with E-state index >= 15 is 0 Å². The number of aromatic nitrogens is 2. The zero-order valence-corrected chi connectivity index (χ0v) is 9.31. The molecule has 0 amide bonds. The molecule has 0 aliphatic heterocycles. The van der Waals surface area contributed by atoms with Crippen molar-refractivity contribution < 1.29 is 4.42 Å². The predicted molar refractivity (Wildman–Crippen MR) is 57.5 cm³/mol. The van der Waals surface area contributed by atoms with E-state index < -0.39 is 0 Å². The molecule has 0 bridgehead atoms. The van der Waals surface area contributed by atoms with Gasteiger partial charge in [0, 0.05) is 13.6 Å². The van der Waals surface area contributed by atoms with Crippen molar-refractivity contribution in [3.63, 3.8) is 0 Å². The second-order valence-electron chi connectivity index (χ2n) is 4.39. The van der Waals surface area contributed by atoms with Gasteiger partial charge < -0.3 is 15.1 Å². The van der Waals surface area contributed by atoms with Crippen LogP contribution in [-0.4, -0.2) is 23.8 Å². The van der Waals surface area contributed by atoms with Crippen molar-refractivity contribution in [3.8, 4) is 0 Å². The van der Waals surface area contributed by atoms with Crippen LogP contribution in [0.4, 0.5) is 6.01 Å². The highest BCUT2D eigenvalue weighted by atomic mass is 16.4. The van der Waals surface area contributed by atoms with E-state index in [1.807, 2.05) is 18.9 Å². The van der Waals surface area contributed by atoms with Crippen molar-refractivity contribution in [1.82, 2.24) is 10.2 Å². The van der Waals surface area contributed by atoms with Gasteiger partial charge in [-0.25, -0.2) is 0 Å². The molecule has 2 N–H and O–H groups in total. The molecule has 1 aliphatic rings. The lowest BCUT2D eigenvalue weighted by molar-refractivity contribution is 0.315. The van der Waals surface area contributed by atoms with Crippen molar-refractivity contribution in [2.75, 3.05) is 18.5 Å². The van der Waals surface area contributed by atoms with Gasteiger partial charge in [0.2, 0.25) is 5.89 Å². The van der Waals surface area contributed by atoms with E-state index in [-0.39, 0.29) is 6.04 Å². The minimum Gasteiger partial charge on any atom is -0.406 e. The fourth-order valence-corrected chi connectivity index (χ4v) is 1.71. The number of anilines is 1. The van der Waals surface area contributed by atoms with Gasteiger partial charge in [0.05, 0.1) is 6.04 Å². The summed E-state index contributed by atoms with van der Waals surface area (Å²) >= 11 is 0. The van der Waals surface area contributed by atoms with Gasteiger partial charge in [0.1, 0.15) is 0 Å².